The molecule has 0 bridgehead atoms. The molecule has 14 heterocycles. The van der Waals surface area contributed by atoms with Crippen molar-refractivity contribution in [3.63, 3.8) is 0 Å². The third-order valence-electron chi connectivity index (χ3n) is 30.4. The molecule has 0 spiro atoms. The van der Waals surface area contributed by atoms with Gasteiger partial charge in [0.2, 0.25) is 11.8 Å². The Balaban J connectivity index is 0.000000130. The first-order chi connectivity index (χ1) is 70.5. The van der Waals surface area contributed by atoms with Gasteiger partial charge in [-0.15, -0.1) is 0 Å². The number of ether oxygens (including phenoxy) is 1. The van der Waals surface area contributed by atoms with Gasteiger partial charge in [-0.2, -0.15) is 35.7 Å². The maximum atomic E-state index is 12.8. The van der Waals surface area contributed by atoms with E-state index in [1.807, 2.05) is 218 Å². The molecule has 15 aromatic rings. The van der Waals surface area contributed by atoms with E-state index in [0.29, 0.717) is 60.6 Å². The molecule has 7 aromatic carbocycles. The molecule has 148 heavy (non-hydrogen) atoms. The summed E-state index contributed by atoms with van der Waals surface area (Å²) < 4.78 is 20.5. The number of benzene rings is 7. The van der Waals surface area contributed by atoms with Gasteiger partial charge >= 0.3 is 6.09 Å². The fourth-order valence-corrected chi connectivity index (χ4v) is 21.3. The van der Waals surface area contributed by atoms with E-state index in [0.717, 1.165) is 151 Å². The van der Waals surface area contributed by atoms with E-state index >= 15 is 0 Å². The minimum Gasteiger partial charge on any atom is -0.444 e. The number of carbonyl (C=O) groups is 3. The highest BCUT2D eigenvalue weighted by molar-refractivity contribution is 5.90. The van der Waals surface area contributed by atoms with Crippen molar-refractivity contribution in [2.24, 2.45) is 49.3 Å². The van der Waals surface area contributed by atoms with Crippen LogP contribution < -0.4 is 16.2 Å². The Morgan fingerprint density at radius 2 is 0.709 bits per heavy atom. The minimum absolute atomic E-state index is 0.0226. The molecule has 792 valence electrons. The van der Waals surface area contributed by atoms with Crippen molar-refractivity contribution in [1.29, 1.82) is 0 Å². The summed E-state index contributed by atoms with van der Waals surface area (Å²) in [5.74, 6) is 0.358. The molecular weight excluding hydrogens is 1850 g/mol. The quantitative estimate of drug-likeness (QED) is 0.0964. The van der Waals surface area contributed by atoms with Gasteiger partial charge in [0.05, 0.1) is 88.0 Å². The highest BCUT2D eigenvalue weighted by Gasteiger charge is 2.40. The van der Waals surface area contributed by atoms with Gasteiger partial charge in [-0.3, -0.25) is 86.4 Å². The predicted octanol–water partition coefficient (Wildman–Crippen LogP) is 16.5. The second-order valence-corrected chi connectivity index (χ2v) is 44.1. The van der Waals surface area contributed by atoms with E-state index < -0.39 is 5.60 Å². The highest BCUT2D eigenvalue weighted by Crippen LogP contribution is 2.37. The Bertz CT molecular complexity index is 7100. The number of rotatable bonds is 15. The maximum absolute atomic E-state index is 12.8. The molecule has 8 aromatic heterocycles. The summed E-state index contributed by atoms with van der Waals surface area (Å²) in [6.07, 6.45) is 16.4. The van der Waals surface area contributed by atoms with E-state index in [-0.39, 0.29) is 59.7 Å². The first-order valence-corrected chi connectivity index (χ1v) is 53.2. The van der Waals surface area contributed by atoms with Crippen LogP contribution >= 0.6 is 0 Å². The van der Waals surface area contributed by atoms with Crippen LogP contribution in [-0.4, -0.2) is 312 Å². The Morgan fingerprint density at radius 1 is 0.345 bits per heavy atom. The average Bonchev–Trinajstić information content (AvgIpc) is 1.50. The van der Waals surface area contributed by atoms with E-state index in [1.165, 1.54) is 62.5 Å². The topological polar surface area (TPSA) is 277 Å². The minimum atomic E-state index is -0.496. The lowest BCUT2D eigenvalue weighted by Crippen LogP contribution is -2.53. The standard InChI is InChI=1S/C20H30N4O2.C18H28N4.C16H22N4O.C16H24N4.C15H20N4O.C15H16N4O.C15H22N4/c1-14(2)23-9-10-24(19(25)26-20(3,4)5)18(13-23)15-7-8-17-16(11-15)12-21-22(17)6;1-13(2)21-8-9-22(14(3)4)18(12-21)15-6-7-17-16(10-15)11-19-20(17)5;1-11(2)20-8-7-18(3)15(16(20)21)12-5-6-14-13(9-12)10-17-19(14)4;1-12(2)20-8-7-18(3)16(11-20)13-5-6-15-14(9-13)10-17-19(15)4;2*1-10(2)19-7-6-16-14(15(19)20)11-4-5-13-12(8-11)9-17-18(13)3;1-11(2)19-7-6-16-14(10-19)12-4-5-15-13(8-12)9-17-18(15)3/h7-8,11-12,14,18H,9-10,13H2,1-6H3;6-7,10-11,13-14,18H,8-9,12H2,1-5H3;5-6,9-11,15H,7-8H2,1-4H3;5-6,9-10,12,16H,7-8,11H2,1-4H3;4-5,8-10,14,16H,6-7H2,1-3H3;4-10H,1-3H3;4-5,8-9,11,14,16H,6-7,10H2,1-3H3. The Hall–Kier alpha value is -12.4. The van der Waals surface area contributed by atoms with Crippen molar-refractivity contribution < 1.29 is 19.1 Å². The number of fused-ring (bicyclic) bond motifs is 7. The summed E-state index contributed by atoms with van der Waals surface area (Å²) in [7, 11) is 17.9. The van der Waals surface area contributed by atoms with Gasteiger partial charge < -0.3 is 29.7 Å². The normalized spacial score (nSPS) is 19.5. The number of amides is 3. The van der Waals surface area contributed by atoms with E-state index in [1.54, 1.807) is 23.2 Å². The van der Waals surface area contributed by atoms with Gasteiger partial charge in [0.25, 0.3) is 5.56 Å². The number of hydrogen-bond acceptors (Lipinski definition) is 22. The molecule has 6 fully saturated rings. The maximum Gasteiger partial charge on any atom is 0.410 e. The fourth-order valence-electron chi connectivity index (χ4n) is 21.3. The lowest BCUT2D eigenvalue weighted by atomic mass is 9.98. The summed E-state index contributed by atoms with van der Waals surface area (Å²) in [4.78, 5) is 78.0. The fraction of sp³-hybridized carbons (Fsp3) is 0.513. The number of likely N-dealkylation sites (N-methyl/N-ethyl adjacent to an activating group) is 2. The number of hydrogen-bond donors (Lipinski definition) is 2. The molecule has 0 saturated carbocycles. The van der Waals surface area contributed by atoms with Gasteiger partial charge in [-0.05, 0) is 264 Å². The van der Waals surface area contributed by atoms with E-state index in [9.17, 15) is 19.2 Å². The van der Waals surface area contributed by atoms with Crippen LogP contribution in [0.3, 0.4) is 0 Å². The van der Waals surface area contributed by atoms with E-state index in [2.05, 4.69) is 275 Å². The molecule has 2 N–H and O–H groups in total. The summed E-state index contributed by atoms with van der Waals surface area (Å²) in [6, 6.07) is 49.1. The highest BCUT2D eigenvalue weighted by atomic mass is 16.6. The van der Waals surface area contributed by atoms with Gasteiger partial charge in [0.15, 0.2) is 0 Å². The molecule has 6 saturated heterocycles. The van der Waals surface area contributed by atoms with Gasteiger partial charge in [-0.25, -0.2) is 9.78 Å². The summed E-state index contributed by atoms with van der Waals surface area (Å²) in [6.45, 7) is 56.5. The molecular formula is C115H162N28O5. The number of carbonyl (C=O) groups excluding carboxylic acids is 3. The van der Waals surface area contributed by atoms with Crippen molar-refractivity contribution in [3.05, 3.63) is 227 Å². The zero-order valence-electron chi connectivity index (χ0n) is 92.9. The molecule has 21 rings (SSSR count). The molecule has 6 aliphatic heterocycles. The number of aryl methyl sites for hydroxylation is 7. The Labute approximate surface area is 874 Å². The molecule has 0 aliphatic carbocycles. The molecule has 6 unspecified atom stereocenters. The van der Waals surface area contributed by atoms with Crippen LogP contribution in [0.4, 0.5) is 4.79 Å². The second kappa shape index (κ2) is 47.6. The van der Waals surface area contributed by atoms with Crippen LogP contribution in [0.25, 0.3) is 87.6 Å². The average molecular weight is 2020 g/mol. The SMILES string of the molecule is CC(C)N1CCN(C(=O)OC(C)(C)C)C(c2ccc3c(cnn3C)c2)C1.CC(C)N1CCN(C(C)C)C(c2ccc3c(cnn3C)c2)C1.CC(C)N1CCN(C)C(c2ccc3c(cnn3C)c2)C1.CC(C)N1CCN(C)C(c2ccc3c(cnn3C)c2)C1=O.CC(C)N1CCNC(c2ccc3c(cnn3C)c2)C1.CC(C)N1CCNC(c2ccc3c(cnn3C)c2)C1=O.CC(C)n1ccnc(-c2ccc3c(cnn3C)c2)c1=O. The number of piperazine rings is 6. The lowest BCUT2D eigenvalue weighted by molar-refractivity contribution is -0.143. The van der Waals surface area contributed by atoms with Crippen LogP contribution in [0.2, 0.25) is 0 Å². The van der Waals surface area contributed by atoms with Crippen molar-refractivity contribution in [1.82, 2.24) is 138 Å². The molecule has 6 atom stereocenters. The second-order valence-electron chi connectivity index (χ2n) is 44.1. The molecule has 3 amide bonds. The first kappa shape index (κ1) is 110. The van der Waals surface area contributed by atoms with Crippen molar-refractivity contribution in [2.45, 2.75) is 222 Å². The van der Waals surface area contributed by atoms with Crippen LogP contribution in [0, 0.1) is 0 Å². The Morgan fingerprint density at radius 3 is 1.16 bits per heavy atom. The zero-order valence-corrected chi connectivity index (χ0v) is 92.9. The summed E-state index contributed by atoms with van der Waals surface area (Å²) in [5, 5.41) is 45.0. The van der Waals surface area contributed by atoms with Gasteiger partial charge in [0.1, 0.15) is 23.4 Å². The monoisotopic (exact) mass is 2020 g/mol. The predicted molar refractivity (Wildman–Crippen MR) is 596 cm³/mol. The Kier molecular flexibility index (Phi) is 35.3. The van der Waals surface area contributed by atoms with Crippen LogP contribution in [0.1, 0.15) is 207 Å². The molecule has 6 aliphatic rings. The summed E-state index contributed by atoms with van der Waals surface area (Å²) >= 11 is 0. The first-order valence-electron chi connectivity index (χ1n) is 53.2. The lowest BCUT2D eigenvalue weighted by Gasteiger charge is -2.45. The van der Waals surface area contributed by atoms with E-state index in [4.69, 9.17) is 4.74 Å². The summed E-state index contributed by atoms with van der Waals surface area (Å²) in [5.41, 5.74) is 16.0. The third kappa shape index (κ3) is 25.3. The number of aromatic nitrogens is 16. The number of nitrogens with zero attached hydrogens (tertiary/aromatic N) is 26. The zero-order chi connectivity index (χ0) is 106. The van der Waals surface area contributed by atoms with Crippen LogP contribution in [-0.2, 0) is 63.7 Å². The molecule has 0 radical (unpaired) electrons. The van der Waals surface area contributed by atoms with Crippen LogP contribution in [0.15, 0.2) is 188 Å². The van der Waals surface area contributed by atoms with Crippen LogP contribution in [0.5, 0.6) is 0 Å². The third-order valence-corrected chi connectivity index (χ3v) is 30.4. The number of nitrogens with one attached hydrogen (secondary N) is 2. The van der Waals surface area contributed by atoms with Crippen molar-refractivity contribution in [3.8, 4) is 11.3 Å². The van der Waals surface area contributed by atoms with Gasteiger partial charge in [-0.1, -0.05) is 42.5 Å². The molecule has 33 heteroatoms. The van der Waals surface area contributed by atoms with Crippen molar-refractivity contribution >= 4 is 94.2 Å². The van der Waals surface area contributed by atoms with Gasteiger partial charge in [0, 0.05) is 276 Å². The molecule has 33 nitrogen and oxygen atoms in total. The van der Waals surface area contributed by atoms with Crippen molar-refractivity contribution in [2.75, 3.05) is 119 Å². The smallest absolute Gasteiger partial charge is 0.410 e. The largest absolute Gasteiger partial charge is 0.444 e.